The second kappa shape index (κ2) is 8.55. The van der Waals surface area contributed by atoms with Crippen LogP contribution < -0.4 is 4.74 Å². The lowest BCUT2D eigenvalue weighted by Gasteiger charge is -2.23. The van der Waals surface area contributed by atoms with E-state index in [1.807, 2.05) is 47.7 Å². The molecule has 1 heterocycles. The molecule has 0 fully saturated rings. The zero-order valence-corrected chi connectivity index (χ0v) is 16.8. The van der Waals surface area contributed by atoms with Gasteiger partial charge in [-0.3, -0.25) is 0 Å². The first kappa shape index (κ1) is 18.7. The topological polar surface area (TPSA) is 9.23 Å². The summed E-state index contributed by atoms with van der Waals surface area (Å²) in [4.78, 5) is 1.51. The summed E-state index contributed by atoms with van der Waals surface area (Å²) in [6.45, 7) is 6.96. The molecule has 0 saturated heterocycles. The molecular formula is C24H28OS. The van der Waals surface area contributed by atoms with Gasteiger partial charge in [0.15, 0.2) is 0 Å². The summed E-state index contributed by atoms with van der Waals surface area (Å²) in [6, 6.07) is 20.8. The monoisotopic (exact) mass is 364 g/mol. The normalized spacial score (nSPS) is 11.5. The minimum atomic E-state index is 0.246. The quantitative estimate of drug-likeness (QED) is 0.404. The number of aryl methyl sites for hydroxylation is 2. The first-order valence-electron chi connectivity index (χ1n) is 9.46. The smallest absolute Gasteiger partial charge is 0.127 e. The maximum atomic E-state index is 5.95. The Morgan fingerprint density at radius 3 is 2.38 bits per heavy atom. The van der Waals surface area contributed by atoms with E-state index in [0.29, 0.717) is 0 Å². The Morgan fingerprint density at radius 1 is 0.885 bits per heavy atom. The zero-order valence-electron chi connectivity index (χ0n) is 16.0. The Balaban J connectivity index is 1.57. The van der Waals surface area contributed by atoms with E-state index >= 15 is 0 Å². The van der Waals surface area contributed by atoms with Crippen LogP contribution in [0.4, 0.5) is 0 Å². The molecule has 136 valence electrons. The molecule has 1 nitrogen and oxygen atoms in total. The van der Waals surface area contributed by atoms with Crippen LogP contribution in [0.2, 0.25) is 0 Å². The molecule has 0 N–H and O–H groups in total. The van der Waals surface area contributed by atoms with Crippen molar-refractivity contribution in [1.29, 1.82) is 0 Å². The highest BCUT2D eigenvalue weighted by Crippen LogP contribution is 2.34. The maximum absolute atomic E-state index is 5.95. The van der Waals surface area contributed by atoms with Crippen LogP contribution in [0.15, 0.2) is 66.0 Å². The summed E-state index contributed by atoms with van der Waals surface area (Å²) in [5.41, 5.74) is 3.05. The molecule has 0 aliphatic carbocycles. The number of thiophene rings is 1. The molecule has 26 heavy (non-hydrogen) atoms. The SMILES string of the molecule is CCc1csc(C(C)(C)CCCc2cccc(Oc3ccccc3)c2)c1. The summed E-state index contributed by atoms with van der Waals surface area (Å²) < 4.78 is 5.95. The van der Waals surface area contributed by atoms with Gasteiger partial charge in [-0.1, -0.05) is 51.1 Å². The van der Waals surface area contributed by atoms with Gasteiger partial charge in [-0.05, 0) is 77.9 Å². The average molecular weight is 365 g/mol. The first-order valence-corrected chi connectivity index (χ1v) is 10.3. The molecule has 0 spiro atoms. The fourth-order valence-electron chi connectivity index (χ4n) is 3.16. The number of benzene rings is 2. The Hall–Kier alpha value is -2.06. The van der Waals surface area contributed by atoms with Crippen LogP contribution in [-0.2, 0) is 18.3 Å². The fraction of sp³-hybridized carbons (Fsp3) is 0.333. The number of hydrogen-bond donors (Lipinski definition) is 0. The Morgan fingerprint density at radius 2 is 1.65 bits per heavy atom. The van der Waals surface area contributed by atoms with E-state index < -0.39 is 0 Å². The molecule has 0 atom stereocenters. The van der Waals surface area contributed by atoms with Crippen LogP contribution in [0, 0.1) is 0 Å². The maximum Gasteiger partial charge on any atom is 0.127 e. The molecule has 0 radical (unpaired) electrons. The lowest BCUT2D eigenvalue weighted by molar-refractivity contribution is 0.467. The molecule has 0 bridgehead atoms. The fourth-order valence-corrected chi connectivity index (χ4v) is 4.32. The van der Waals surface area contributed by atoms with Crippen LogP contribution in [0.1, 0.15) is 49.6 Å². The van der Waals surface area contributed by atoms with Gasteiger partial charge in [0.25, 0.3) is 0 Å². The lowest BCUT2D eigenvalue weighted by Crippen LogP contribution is -2.15. The number of rotatable bonds is 8. The van der Waals surface area contributed by atoms with E-state index in [2.05, 4.69) is 50.4 Å². The highest BCUT2D eigenvalue weighted by Gasteiger charge is 2.22. The van der Waals surface area contributed by atoms with Crippen molar-refractivity contribution in [2.24, 2.45) is 0 Å². The molecule has 0 unspecified atom stereocenters. The molecule has 3 rings (SSSR count). The Bertz CT molecular complexity index is 817. The van der Waals surface area contributed by atoms with Gasteiger partial charge >= 0.3 is 0 Å². The molecule has 0 aliphatic heterocycles. The molecule has 1 aromatic heterocycles. The van der Waals surface area contributed by atoms with Crippen molar-refractivity contribution in [3.63, 3.8) is 0 Å². The van der Waals surface area contributed by atoms with Gasteiger partial charge in [-0.15, -0.1) is 11.3 Å². The van der Waals surface area contributed by atoms with Crippen molar-refractivity contribution < 1.29 is 4.74 Å². The third-order valence-electron chi connectivity index (χ3n) is 4.87. The predicted molar refractivity (Wildman–Crippen MR) is 113 cm³/mol. The van der Waals surface area contributed by atoms with E-state index in [1.165, 1.54) is 28.8 Å². The van der Waals surface area contributed by atoms with Crippen molar-refractivity contribution in [2.75, 3.05) is 0 Å². The highest BCUT2D eigenvalue weighted by molar-refractivity contribution is 7.10. The van der Waals surface area contributed by atoms with Gasteiger partial charge in [-0.2, -0.15) is 0 Å². The molecule has 0 amide bonds. The lowest BCUT2D eigenvalue weighted by atomic mass is 9.84. The minimum absolute atomic E-state index is 0.246. The second-order valence-corrected chi connectivity index (χ2v) is 8.38. The number of hydrogen-bond acceptors (Lipinski definition) is 2. The summed E-state index contributed by atoms with van der Waals surface area (Å²) in [5, 5.41) is 2.31. The van der Waals surface area contributed by atoms with E-state index in [9.17, 15) is 0 Å². The van der Waals surface area contributed by atoms with Gasteiger partial charge < -0.3 is 4.74 Å². The first-order chi connectivity index (χ1) is 12.6. The number of para-hydroxylation sites is 1. The molecule has 0 saturated carbocycles. The second-order valence-electron chi connectivity index (χ2n) is 7.47. The average Bonchev–Trinajstić information content (AvgIpc) is 3.13. The molecule has 2 heteroatoms. The van der Waals surface area contributed by atoms with E-state index in [4.69, 9.17) is 4.74 Å². The Kier molecular flexibility index (Phi) is 6.16. The predicted octanol–water partition coefficient (Wildman–Crippen LogP) is 7.40. The molecule has 3 aromatic rings. The van der Waals surface area contributed by atoms with Crippen molar-refractivity contribution in [1.82, 2.24) is 0 Å². The van der Waals surface area contributed by atoms with Crippen LogP contribution >= 0.6 is 11.3 Å². The highest BCUT2D eigenvalue weighted by atomic mass is 32.1. The standard InChI is InChI=1S/C24H28OS/c1-4-19-17-23(26-18-19)24(2,3)15-9-11-20-10-8-14-22(16-20)25-21-12-6-5-7-13-21/h5-8,10,12-14,16-18H,4,9,11,15H2,1-3H3. The van der Waals surface area contributed by atoms with Gasteiger partial charge in [0.05, 0.1) is 0 Å². The third kappa shape index (κ3) is 4.98. The van der Waals surface area contributed by atoms with Gasteiger partial charge in [0.2, 0.25) is 0 Å². The zero-order chi connectivity index (χ0) is 18.4. The van der Waals surface area contributed by atoms with Crippen LogP contribution in [0.25, 0.3) is 0 Å². The molecule has 0 aliphatic rings. The van der Waals surface area contributed by atoms with E-state index in [0.717, 1.165) is 24.3 Å². The Labute approximate surface area is 161 Å². The van der Waals surface area contributed by atoms with Gasteiger partial charge in [0, 0.05) is 4.88 Å². The summed E-state index contributed by atoms with van der Waals surface area (Å²) in [5.74, 6) is 1.80. The third-order valence-corrected chi connectivity index (χ3v) is 6.22. The summed E-state index contributed by atoms with van der Waals surface area (Å²) in [6.07, 6.45) is 4.59. The summed E-state index contributed by atoms with van der Waals surface area (Å²) in [7, 11) is 0. The van der Waals surface area contributed by atoms with Crippen molar-refractivity contribution in [3.8, 4) is 11.5 Å². The van der Waals surface area contributed by atoms with Gasteiger partial charge in [0.1, 0.15) is 11.5 Å². The summed E-state index contributed by atoms with van der Waals surface area (Å²) >= 11 is 1.91. The molecular weight excluding hydrogens is 336 g/mol. The number of ether oxygens (including phenoxy) is 1. The van der Waals surface area contributed by atoms with E-state index in [-0.39, 0.29) is 5.41 Å². The van der Waals surface area contributed by atoms with Crippen molar-refractivity contribution in [3.05, 3.63) is 82.0 Å². The van der Waals surface area contributed by atoms with Crippen molar-refractivity contribution >= 4 is 11.3 Å². The largest absolute Gasteiger partial charge is 0.457 e. The van der Waals surface area contributed by atoms with E-state index in [1.54, 1.807) is 0 Å². The van der Waals surface area contributed by atoms with Crippen LogP contribution in [0.5, 0.6) is 11.5 Å². The minimum Gasteiger partial charge on any atom is -0.457 e. The van der Waals surface area contributed by atoms with Crippen molar-refractivity contribution in [2.45, 2.75) is 51.9 Å². The van der Waals surface area contributed by atoms with Crippen LogP contribution in [0.3, 0.4) is 0 Å². The van der Waals surface area contributed by atoms with Crippen LogP contribution in [-0.4, -0.2) is 0 Å². The van der Waals surface area contributed by atoms with Gasteiger partial charge in [-0.25, -0.2) is 0 Å². The molecule has 2 aromatic carbocycles.